The molecule has 26 heavy (non-hydrogen) atoms. The Morgan fingerprint density at radius 1 is 1.19 bits per heavy atom. The van der Waals surface area contributed by atoms with Crippen molar-refractivity contribution in [2.45, 2.75) is 13.0 Å². The van der Waals surface area contributed by atoms with Gasteiger partial charge in [0, 0.05) is 19.2 Å². The van der Waals surface area contributed by atoms with Crippen molar-refractivity contribution in [3.63, 3.8) is 0 Å². The van der Waals surface area contributed by atoms with Gasteiger partial charge in [-0.15, -0.1) is 0 Å². The Kier molecular flexibility index (Phi) is 8.05. The summed E-state index contributed by atoms with van der Waals surface area (Å²) in [4.78, 5) is 11.9. The first-order valence-electron chi connectivity index (χ1n) is 8.46. The molecule has 2 rings (SSSR count). The van der Waals surface area contributed by atoms with E-state index in [1.165, 1.54) is 0 Å². The second kappa shape index (κ2) is 10.5. The van der Waals surface area contributed by atoms with Gasteiger partial charge in [0.25, 0.3) is 0 Å². The van der Waals surface area contributed by atoms with E-state index in [1.807, 2.05) is 37.3 Å². The molecule has 4 N–H and O–H groups in total. The number of hydrogen-bond donors (Lipinski definition) is 4. The van der Waals surface area contributed by atoms with E-state index < -0.39 is 0 Å². The van der Waals surface area contributed by atoms with Gasteiger partial charge in [-0.2, -0.15) is 0 Å². The van der Waals surface area contributed by atoms with Crippen LogP contribution in [-0.4, -0.2) is 37.4 Å². The maximum absolute atomic E-state index is 11.9. The number of benzene rings is 2. The van der Waals surface area contributed by atoms with E-state index in [0.717, 1.165) is 11.3 Å². The molecule has 0 aliphatic heterocycles. The molecule has 0 aliphatic carbocycles. The van der Waals surface area contributed by atoms with Crippen molar-refractivity contribution >= 4 is 23.3 Å². The molecule has 2 aromatic carbocycles. The summed E-state index contributed by atoms with van der Waals surface area (Å²) in [6.45, 7) is 3.10. The number of carbonyl (C=O) groups excluding carboxylic acids is 1. The van der Waals surface area contributed by atoms with E-state index in [0.29, 0.717) is 23.9 Å². The molecule has 1 atom stereocenters. The molecule has 2 amide bonds. The van der Waals surface area contributed by atoms with Crippen LogP contribution in [0.2, 0.25) is 5.02 Å². The first kappa shape index (κ1) is 19.9. The number of anilines is 1. The Balaban J connectivity index is 1.70. The van der Waals surface area contributed by atoms with E-state index in [2.05, 4.69) is 16.0 Å². The van der Waals surface area contributed by atoms with E-state index in [1.54, 1.807) is 18.2 Å². The lowest BCUT2D eigenvalue weighted by Crippen LogP contribution is -2.39. The molecule has 2 aromatic rings. The molecule has 0 spiro atoms. The second-order valence-electron chi connectivity index (χ2n) is 5.67. The zero-order chi connectivity index (χ0) is 18.8. The van der Waals surface area contributed by atoms with Gasteiger partial charge in [-0.1, -0.05) is 41.9 Å². The monoisotopic (exact) mass is 377 g/mol. The molecule has 0 aromatic heterocycles. The van der Waals surface area contributed by atoms with Crippen molar-refractivity contribution in [2.24, 2.45) is 0 Å². The average Bonchev–Trinajstić information content (AvgIpc) is 2.65. The number of ether oxygens (including phenoxy) is 1. The molecule has 7 heteroatoms. The summed E-state index contributed by atoms with van der Waals surface area (Å²) in [5.41, 5.74) is 1.80. The first-order chi connectivity index (χ1) is 12.6. The van der Waals surface area contributed by atoms with Crippen LogP contribution >= 0.6 is 11.6 Å². The van der Waals surface area contributed by atoms with Crippen LogP contribution in [0.5, 0.6) is 5.75 Å². The number of aliphatic hydroxyl groups excluding tert-OH is 1. The molecule has 0 fully saturated rings. The van der Waals surface area contributed by atoms with Crippen LogP contribution in [0, 0.1) is 0 Å². The lowest BCUT2D eigenvalue weighted by Gasteiger charge is -2.15. The van der Waals surface area contributed by atoms with E-state index >= 15 is 0 Å². The molecule has 0 radical (unpaired) electrons. The van der Waals surface area contributed by atoms with Crippen LogP contribution in [0.3, 0.4) is 0 Å². The van der Waals surface area contributed by atoms with Gasteiger partial charge in [0.05, 0.1) is 23.4 Å². The number of nitrogens with one attached hydrogen (secondary N) is 3. The fourth-order valence-electron chi connectivity index (χ4n) is 2.34. The largest absolute Gasteiger partial charge is 0.491 e. The minimum absolute atomic E-state index is 0.0474. The molecular formula is C19H24ClN3O3. The third kappa shape index (κ3) is 6.46. The highest BCUT2D eigenvalue weighted by atomic mass is 35.5. The topological polar surface area (TPSA) is 82.6 Å². The average molecular weight is 378 g/mol. The fraction of sp³-hybridized carbons (Fsp3) is 0.316. The third-order valence-corrected chi connectivity index (χ3v) is 3.99. The van der Waals surface area contributed by atoms with E-state index in [-0.39, 0.29) is 25.3 Å². The van der Waals surface area contributed by atoms with Gasteiger partial charge in [-0.25, -0.2) is 4.79 Å². The normalized spacial score (nSPS) is 11.5. The Morgan fingerprint density at radius 3 is 2.65 bits per heavy atom. The molecule has 0 heterocycles. The molecule has 0 saturated carbocycles. The number of hydrogen-bond acceptors (Lipinski definition) is 4. The molecular weight excluding hydrogens is 354 g/mol. The van der Waals surface area contributed by atoms with Crippen molar-refractivity contribution in [1.29, 1.82) is 0 Å². The highest BCUT2D eigenvalue weighted by Crippen LogP contribution is 2.26. The second-order valence-corrected chi connectivity index (χ2v) is 6.08. The highest BCUT2D eigenvalue weighted by Gasteiger charge is 2.08. The minimum Gasteiger partial charge on any atom is -0.491 e. The summed E-state index contributed by atoms with van der Waals surface area (Å²) in [7, 11) is 0. The molecule has 0 unspecified atom stereocenters. The molecule has 0 saturated heterocycles. The number of urea groups is 1. The summed E-state index contributed by atoms with van der Waals surface area (Å²) in [6.07, 6.45) is 0. The van der Waals surface area contributed by atoms with Crippen molar-refractivity contribution in [3.05, 3.63) is 59.1 Å². The first-order valence-corrected chi connectivity index (χ1v) is 8.84. The Labute approximate surface area is 158 Å². The lowest BCUT2D eigenvalue weighted by molar-refractivity contribution is 0.201. The van der Waals surface area contributed by atoms with Gasteiger partial charge in [0.15, 0.2) is 0 Å². The van der Waals surface area contributed by atoms with Crippen LogP contribution < -0.4 is 20.7 Å². The quantitative estimate of drug-likeness (QED) is 0.506. The van der Waals surface area contributed by atoms with E-state index in [4.69, 9.17) is 21.4 Å². The lowest BCUT2D eigenvalue weighted by atomic mass is 10.1. The number of halogens is 1. The van der Waals surface area contributed by atoms with Crippen molar-refractivity contribution < 1.29 is 14.6 Å². The Hall–Kier alpha value is -2.44. The number of carbonyl (C=O) groups is 1. The van der Waals surface area contributed by atoms with Crippen LogP contribution in [0.15, 0.2) is 48.5 Å². The summed E-state index contributed by atoms with van der Waals surface area (Å²) in [5.74, 6) is 0.599. The van der Waals surface area contributed by atoms with E-state index in [9.17, 15) is 4.79 Å². The van der Waals surface area contributed by atoms with Crippen molar-refractivity contribution in [1.82, 2.24) is 10.6 Å². The predicted octanol–water partition coefficient (Wildman–Crippen LogP) is 3.18. The molecule has 0 aliphatic rings. The fourth-order valence-corrected chi connectivity index (χ4v) is 2.58. The van der Waals surface area contributed by atoms with Crippen molar-refractivity contribution in [2.75, 3.05) is 31.6 Å². The molecule has 140 valence electrons. The van der Waals surface area contributed by atoms with Gasteiger partial charge in [0.2, 0.25) is 0 Å². The number of amides is 2. The maximum atomic E-state index is 11.9. The van der Waals surface area contributed by atoms with Crippen LogP contribution in [0.1, 0.15) is 18.5 Å². The summed E-state index contributed by atoms with van der Waals surface area (Å²) < 4.78 is 5.29. The standard InChI is InChI=1S/C19H24ClN3O3/c1-14(15-5-3-2-4-6-15)23-19(25)22-10-9-21-18-8-7-16(13-17(18)20)26-12-11-24/h2-8,13-14,21,24H,9-12H2,1H3,(H2,22,23,25)/t14-/m0/s1. The SMILES string of the molecule is C[C@H](NC(=O)NCCNc1ccc(OCCO)cc1Cl)c1ccccc1. The van der Waals surface area contributed by atoms with Gasteiger partial charge in [-0.3, -0.25) is 0 Å². The molecule has 6 nitrogen and oxygen atoms in total. The molecule has 0 bridgehead atoms. The van der Waals surface area contributed by atoms with Crippen LogP contribution in [-0.2, 0) is 0 Å². The summed E-state index contributed by atoms with van der Waals surface area (Å²) in [5, 5.41) is 18.1. The Bertz CT molecular complexity index is 698. The predicted molar refractivity (Wildman–Crippen MR) is 104 cm³/mol. The van der Waals surface area contributed by atoms with Gasteiger partial charge in [0.1, 0.15) is 12.4 Å². The summed E-state index contributed by atoms with van der Waals surface area (Å²) >= 11 is 6.18. The maximum Gasteiger partial charge on any atom is 0.315 e. The zero-order valence-electron chi connectivity index (χ0n) is 14.7. The van der Waals surface area contributed by atoms with Crippen molar-refractivity contribution in [3.8, 4) is 5.75 Å². The van der Waals surface area contributed by atoms with Gasteiger partial charge >= 0.3 is 6.03 Å². The Morgan fingerprint density at radius 2 is 1.96 bits per heavy atom. The van der Waals surface area contributed by atoms with Gasteiger partial charge < -0.3 is 25.8 Å². The summed E-state index contributed by atoms with van der Waals surface area (Å²) in [6, 6.07) is 14.7. The van der Waals surface area contributed by atoms with Crippen LogP contribution in [0.4, 0.5) is 10.5 Å². The van der Waals surface area contributed by atoms with Gasteiger partial charge in [-0.05, 0) is 24.6 Å². The minimum atomic E-state index is -0.220. The third-order valence-electron chi connectivity index (χ3n) is 3.67. The van der Waals surface area contributed by atoms with Crippen LogP contribution in [0.25, 0.3) is 0 Å². The smallest absolute Gasteiger partial charge is 0.315 e. The zero-order valence-corrected chi connectivity index (χ0v) is 15.4. The number of rotatable bonds is 9. The number of aliphatic hydroxyl groups is 1. The highest BCUT2D eigenvalue weighted by molar-refractivity contribution is 6.33.